The molecule has 0 aromatic carbocycles. The third-order valence-electron chi connectivity index (χ3n) is 1.80. The number of aryl methyl sites for hydroxylation is 1. The summed E-state index contributed by atoms with van der Waals surface area (Å²) in [6.07, 6.45) is -2.57. The molecule has 0 aliphatic heterocycles. The molecule has 0 N–H and O–H groups in total. The van der Waals surface area contributed by atoms with Gasteiger partial charge in [0.15, 0.2) is 0 Å². The average Bonchev–Trinajstić information content (AvgIpc) is 2.07. The maximum atomic E-state index is 11.9. The predicted molar refractivity (Wildman–Crippen MR) is 43.7 cm³/mol. The van der Waals surface area contributed by atoms with Crippen LogP contribution in [0.2, 0.25) is 0 Å². The summed E-state index contributed by atoms with van der Waals surface area (Å²) in [5.41, 5.74) is 0.951. The summed E-state index contributed by atoms with van der Waals surface area (Å²) in [5, 5.41) is 0. The van der Waals surface area contributed by atoms with Crippen LogP contribution in [-0.2, 0) is 11.2 Å². The van der Waals surface area contributed by atoms with Crippen molar-refractivity contribution in [1.82, 2.24) is 4.98 Å². The zero-order valence-electron chi connectivity index (χ0n) is 7.43. The number of carbonyl (C=O) groups excluding carboxylic acids is 1. The minimum Gasteiger partial charge on any atom is -0.289 e. The molecule has 1 heterocycles. The molecule has 0 aliphatic carbocycles. The smallest absolute Gasteiger partial charge is 0.289 e. The van der Waals surface area contributed by atoms with E-state index in [4.69, 9.17) is 0 Å². The van der Waals surface area contributed by atoms with Gasteiger partial charge >= 0.3 is 6.18 Å². The Labute approximate surface area is 78.8 Å². The van der Waals surface area contributed by atoms with Gasteiger partial charge in [-0.3, -0.25) is 9.78 Å². The number of halogens is 3. The Bertz CT molecular complexity index is 346. The van der Waals surface area contributed by atoms with Gasteiger partial charge in [-0.05, 0) is 24.1 Å². The molecule has 5 heteroatoms. The van der Waals surface area contributed by atoms with Gasteiger partial charge in [0.1, 0.15) is 0 Å². The van der Waals surface area contributed by atoms with E-state index in [1.165, 1.54) is 18.5 Å². The highest BCUT2D eigenvalue weighted by atomic mass is 19.4. The SMILES string of the molecule is Cc1cnccc1CC(=O)C(F)(F)F. The molecular formula is C9H8F3NO. The van der Waals surface area contributed by atoms with E-state index in [1.807, 2.05) is 0 Å². The molecule has 2 nitrogen and oxygen atoms in total. The van der Waals surface area contributed by atoms with Crippen molar-refractivity contribution in [3.05, 3.63) is 29.6 Å². The number of pyridine rings is 1. The maximum absolute atomic E-state index is 11.9. The number of carbonyl (C=O) groups is 1. The molecule has 0 aliphatic rings. The number of alkyl halides is 3. The van der Waals surface area contributed by atoms with Gasteiger partial charge in [0.05, 0.1) is 0 Å². The molecule has 1 aromatic heterocycles. The van der Waals surface area contributed by atoms with Crippen molar-refractivity contribution in [2.24, 2.45) is 0 Å². The van der Waals surface area contributed by atoms with Crippen LogP contribution in [0.3, 0.4) is 0 Å². The third kappa shape index (κ3) is 2.55. The van der Waals surface area contributed by atoms with E-state index >= 15 is 0 Å². The second-order valence-electron chi connectivity index (χ2n) is 2.90. The van der Waals surface area contributed by atoms with Crippen molar-refractivity contribution in [3.8, 4) is 0 Å². The lowest BCUT2D eigenvalue weighted by atomic mass is 10.1. The molecule has 0 radical (unpaired) electrons. The largest absolute Gasteiger partial charge is 0.450 e. The van der Waals surface area contributed by atoms with Crippen LogP contribution < -0.4 is 0 Å². The van der Waals surface area contributed by atoms with E-state index in [0.717, 1.165) is 0 Å². The molecular weight excluding hydrogens is 195 g/mol. The topological polar surface area (TPSA) is 30.0 Å². The van der Waals surface area contributed by atoms with Crippen LogP contribution in [-0.4, -0.2) is 16.9 Å². The Kier molecular flexibility index (Phi) is 2.88. The first-order valence-electron chi connectivity index (χ1n) is 3.91. The summed E-state index contributed by atoms with van der Waals surface area (Å²) in [7, 11) is 0. The molecule has 0 amide bonds. The molecule has 14 heavy (non-hydrogen) atoms. The molecule has 76 valence electrons. The fourth-order valence-electron chi connectivity index (χ4n) is 0.974. The number of ketones is 1. The summed E-state index contributed by atoms with van der Waals surface area (Å²) in [5.74, 6) is -1.73. The van der Waals surface area contributed by atoms with Crippen molar-refractivity contribution in [1.29, 1.82) is 0 Å². The molecule has 0 atom stereocenters. The van der Waals surface area contributed by atoms with Gasteiger partial charge in [0.2, 0.25) is 5.78 Å². The quantitative estimate of drug-likeness (QED) is 0.736. The first-order chi connectivity index (χ1) is 6.41. The summed E-state index contributed by atoms with van der Waals surface area (Å²) in [6.45, 7) is 1.62. The number of Topliss-reactive ketones (excluding diaryl/α,β-unsaturated/α-hetero) is 1. The zero-order chi connectivity index (χ0) is 10.8. The minimum atomic E-state index is -4.75. The summed E-state index contributed by atoms with van der Waals surface area (Å²) >= 11 is 0. The molecule has 0 saturated carbocycles. The van der Waals surface area contributed by atoms with Gasteiger partial charge in [0.25, 0.3) is 0 Å². The molecule has 0 fully saturated rings. The summed E-state index contributed by atoms with van der Waals surface area (Å²) < 4.78 is 35.7. The Morgan fingerprint density at radius 1 is 1.50 bits per heavy atom. The Morgan fingerprint density at radius 2 is 2.14 bits per heavy atom. The molecule has 0 bridgehead atoms. The average molecular weight is 203 g/mol. The number of aromatic nitrogens is 1. The molecule has 1 aromatic rings. The first-order valence-corrected chi connectivity index (χ1v) is 3.91. The van der Waals surface area contributed by atoms with Crippen LogP contribution in [0.15, 0.2) is 18.5 Å². The fraction of sp³-hybridized carbons (Fsp3) is 0.333. The van der Waals surface area contributed by atoms with Crippen molar-refractivity contribution in [2.45, 2.75) is 19.5 Å². The number of rotatable bonds is 2. The lowest BCUT2D eigenvalue weighted by molar-refractivity contribution is -0.170. The van der Waals surface area contributed by atoms with Gasteiger partial charge in [-0.25, -0.2) is 0 Å². The van der Waals surface area contributed by atoms with Gasteiger partial charge in [0, 0.05) is 18.8 Å². The zero-order valence-corrected chi connectivity index (χ0v) is 7.43. The lowest BCUT2D eigenvalue weighted by Gasteiger charge is -2.06. The van der Waals surface area contributed by atoms with Crippen molar-refractivity contribution < 1.29 is 18.0 Å². The van der Waals surface area contributed by atoms with Crippen LogP contribution in [0.4, 0.5) is 13.2 Å². The Morgan fingerprint density at radius 3 is 2.64 bits per heavy atom. The van der Waals surface area contributed by atoms with Gasteiger partial charge in [-0.15, -0.1) is 0 Å². The van der Waals surface area contributed by atoms with Gasteiger partial charge < -0.3 is 0 Å². The maximum Gasteiger partial charge on any atom is 0.450 e. The molecule has 0 spiro atoms. The van der Waals surface area contributed by atoms with E-state index in [2.05, 4.69) is 4.98 Å². The highest BCUT2D eigenvalue weighted by molar-refractivity contribution is 5.86. The fourth-order valence-corrected chi connectivity index (χ4v) is 0.974. The van der Waals surface area contributed by atoms with E-state index in [-0.39, 0.29) is 0 Å². The molecule has 1 rings (SSSR count). The normalized spacial score (nSPS) is 11.4. The van der Waals surface area contributed by atoms with Crippen molar-refractivity contribution in [2.75, 3.05) is 0 Å². The summed E-state index contributed by atoms with van der Waals surface area (Å²) in [6, 6.07) is 1.42. The van der Waals surface area contributed by atoms with Gasteiger partial charge in [-0.2, -0.15) is 13.2 Å². The number of hydrogen-bond donors (Lipinski definition) is 0. The minimum absolute atomic E-state index is 0.363. The predicted octanol–water partition coefficient (Wildman–Crippen LogP) is 2.06. The van der Waals surface area contributed by atoms with E-state index in [9.17, 15) is 18.0 Å². The van der Waals surface area contributed by atoms with Crippen LogP contribution in [0.5, 0.6) is 0 Å². The van der Waals surface area contributed by atoms with Crippen molar-refractivity contribution >= 4 is 5.78 Å². The second-order valence-corrected chi connectivity index (χ2v) is 2.90. The van der Waals surface area contributed by atoms with Crippen LogP contribution in [0.1, 0.15) is 11.1 Å². The van der Waals surface area contributed by atoms with Gasteiger partial charge in [-0.1, -0.05) is 0 Å². The van der Waals surface area contributed by atoms with E-state index in [0.29, 0.717) is 11.1 Å². The van der Waals surface area contributed by atoms with Crippen molar-refractivity contribution in [3.63, 3.8) is 0 Å². The monoisotopic (exact) mass is 203 g/mol. The highest BCUT2D eigenvalue weighted by Gasteiger charge is 2.37. The molecule has 0 unspecified atom stereocenters. The second kappa shape index (κ2) is 3.77. The number of nitrogens with zero attached hydrogens (tertiary/aromatic N) is 1. The van der Waals surface area contributed by atoms with Crippen LogP contribution in [0.25, 0.3) is 0 Å². The Balaban J connectivity index is 2.80. The summed E-state index contributed by atoms with van der Waals surface area (Å²) in [4.78, 5) is 14.4. The Hall–Kier alpha value is -1.39. The lowest BCUT2D eigenvalue weighted by Crippen LogP contribution is -2.24. The standard InChI is InChI=1S/C9H8F3NO/c1-6-5-13-3-2-7(6)4-8(14)9(10,11)12/h2-3,5H,4H2,1H3. The molecule has 0 saturated heterocycles. The highest BCUT2D eigenvalue weighted by Crippen LogP contribution is 2.19. The van der Waals surface area contributed by atoms with E-state index < -0.39 is 18.4 Å². The van der Waals surface area contributed by atoms with Crippen LogP contribution >= 0.6 is 0 Å². The first kappa shape index (κ1) is 10.7. The number of hydrogen-bond acceptors (Lipinski definition) is 2. The van der Waals surface area contributed by atoms with E-state index in [1.54, 1.807) is 6.92 Å². The van der Waals surface area contributed by atoms with Crippen LogP contribution in [0, 0.1) is 6.92 Å². The third-order valence-corrected chi connectivity index (χ3v) is 1.80.